The zero-order valence-electron chi connectivity index (χ0n) is 13.2. The van der Waals surface area contributed by atoms with Crippen LogP contribution in [0, 0.1) is 20.2 Å². The lowest BCUT2D eigenvalue weighted by Crippen LogP contribution is -2.37. The average Bonchev–Trinajstić information content (AvgIpc) is 2.61. The van der Waals surface area contributed by atoms with Crippen molar-refractivity contribution in [1.82, 2.24) is 5.32 Å². The van der Waals surface area contributed by atoms with Crippen molar-refractivity contribution >= 4 is 17.3 Å². The van der Waals surface area contributed by atoms with E-state index in [1.54, 1.807) is 37.3 Å². The van der Waals surface area contributed by atoms with E-state index in [4.69, 9.17) is 0 Å². The molecular weight excluding hydrogens is 330 g/mol. The Labute approximate surface area is 142 Å². The summed E-state index contributed by atoms with van der Waals surface area (Å²) in [7, 11) is 0. The highest BCUT2D eigenvalue weighted by Gasteiger charge is 2.23. The largest absolute Gasteiger partial charge is 0.386 e. The third-order valence-electron chi connectivity index (χ3n) is 3.56. The Balaban J connectivity index is 2.22. The number of rotatable bonds is 6. The summed E-state index contributed by atoms with van der Waals surface area (Å²) in [6.45, 7) is 1.56. The molecule has 9 nitrogen and oxygen atoms in total. The molecule has 0 saturated heterocycles. The third-order valence-corrected chi connectivity index (χ3v) is 3.56. The number of non-ortho nitro benzene ring substituents is 2. The molecule has 0 aliphatic carbocycles. The van der Waals surface area contributed by atoms with Crippen molar-refractivity contribution in [1.29, 1.82) is 0 Å². The first kappa shape index (κ1) is 18.0. The lowest BCUT2D eigenvalue weighted by molar-refractivity contribution is -0.394. The van der Waals surface area contributed by atoms with Gasteiger partial charge in [0.05, 0.1) is 33.6 Å². The van der Waals surface area contributed by atoms with Gasteiger partial charge in [-0.2, -0.15) is 0 Å². The van der Waals surface area contributed by atoms with Crippen molar-refractivity contribution in [2.75, 3.05) is 0 Å². The van der Waals surface area contributed by atoms with Gasteiger partial charge in [0.15, 0.2) is 0 Å². The van der Waals surface area contributed by atoms with Crippen molar-refractivity contribution in [3.63, 3.8) is 0 Å². The van der Waals surface area contributed by atoms with Crippen molar-refractivity contribution in [3.05, 3.63) is 79.9 Å². The van der Waals surface area contributed by atoms with Gasteiger partial charge in [0.1, 0.15) is 0 Å². The molecule has 0 radical (unpaired) electrons. The van der Waals surface area contributed by atoms with Crippen molar-refractivity contribution < 1.29 is 19.7 Å². The minimum atomic E-state index is -1.00. The molecule has 0 bridgehead atoms. The van der Waals surface area contributed by atoms with Crippen LogP contribution in [-0.4, -0.2) is 26.9 Å². The number of hydrogen-bond acceptors (Lipinski definition) is 6. The normalized spacial score (nSPS) is 12.9. The summed E-state index contributed by atoms with van der Waals surface area (Å²) in [6.07, 6.45) is -1.00. The van der Waals surface area contributed by atoms with E-state index in [0.717, 1.165) is 18.2 Å². The molecule has 2 aromatic carbocycles. The molecule has 0 aromatic heterocycles. The fourth-order valence-corrected chi connectivity index (χ4v) is 2.25. The number of hydrogen-bond donors (Lipinski definition) is 2. The van der Waals surface area contributed by atoms with Crippen LogP contribution in [0.4, 0.5) is 11.4 Å². The summed E-state index contributed by atoms with van der Waals surface area (Å²) in [5, 5.41) is 34.5. The molecule has 0 saturated carbocycles. The van der Waals surface area contributed by atoms with Gasteiger partial charge in [-0.1, -0.05) is 30.3 Å². The zero-order valence-corrected chi connectivity index (χ0v) is 13.2. The molecule has 1 amide bonds. The third kappa shape index (κ3) is 4.36. The van der Waals surface area contributed by atoms with E-state index in [1.165, 1.54) is 0 Å². The lowest BCUT2D eigenvalue weighted by atomic mass is 10.0. The number of nitrogens with one attached hydrogen (secondary N) is 1. The van der Waals surface area contributed by atoms with Crippen LogP contribution in [-0.2, 0) is 0 Å². The second kappa shape index (κ2) is 7.49. The first-order chi connectivity index (χ1) is 11.8. The van der Waals surface area contributed by atoms with E-state index >= 15 is 0 Å². The molecule has 130 valence electrons. The highest BCUT2D eigenvalue weighted by molar-refractivity contribution is 5.95. The summed E-state index contributed by atoms with van der Waals surface area (Å²) in [5.41, 5.74) is -0.764. The Bertz CT molecular complexity index is 777. The maximum Gasteiger partial charge on any atom is 0.277 e. The zero-order chi connectivity index (χ0) is 18.6. The second-order valence-corrected chi connectivity index (χ2v) is 5.37. The number of amides is 1. The fourth-order valence-electron chi connectivity index (χ4n) is 2.25. The summed E-state index contributed by atoms with van der Waals surface area (Å²) in [4.78, 5) is 32.4. The van der Waals surface area contributed by atoms with E-state index in [0.29, 0.717) is 5.56 Å². The predicted octanol–water partition coefficient (Wildman–Crippen LogP) is 2.35. The highest BCUT2D eigenvalue weighted by atomic mass is 16.6. The van der Waals surface area contributed by atoms with Gasteiger partial charge >= 0.3 is 0 Å². The van der Waals surface area contributed by atoms with E-state index in [1.807, 2.05) is 0 Å². The van der Waals surface area contributed by atoms with Gasteiger partial charge in [0.25, 0.3) is 17.3 Å². The first-order valence-electron chi connectivity index (χ1n) is 7.27. The number of nitro benzene ring substituents is 2. The average molecular weight is 345 g/mol. The standard InChI is InChI=1S/C16H15N3O6/c1-10(15(20)11-5-3-2-4-6-11)17-16(21)12-7-13(18(22)23)9-14(8-12)19(24)25/h2-10,15,20H,1H3,(H,17,21)/t10-,15-/m1/s1. The number of nitro groups is 2. The molecule has 2 N–H and O–H groups in total. The predicted molar refractivity (Wildman–Crippen MR) is 88.1 cm³/mol. The Kier molecular flexibility index (Phi) is 5.40. The molecule has 9 heteroatoms. The van der Waals surface area contributed by atoms with Crippen LogP contribution < -0.4 is 5.32 Å². The molecule has 2 aromatic rings. The fraction of sp³-hybridized carbons (Fsp3) is 0.188. The Hall–Kier alpha value is -3.33. The minimum absolute atomic E-state index is 0.229. The molecule has 0 spiro atoms. The molecule has 2 atom stereocenters. The summed E-state index contributed by atoms with van der Waals surface area (Å²) >= 11 is 0. The second-order valence-electron chi connectivity index (χ2n) is 5.37. The number of aliphatic hydroxyl groups excluding tert-OH is 1. The van der Waals surface area contributed by atoms with Crippen LogP contribution in [0.1, 0.15) is 28.9 Å². The summed E-state index contributed by atoms with van der Waals surface area (Å²) in [5.74, 6) is -0.755. The van der Waals surface area contributed by atoms with E-state index in [2.05, 4.69) is 5.32 Å². The molecule has 0 heterocycles. The van der Waals surface area contributed by atoms with Crippen molar-refractivity contribution in [2.45, 2.75) is 19.1 Å². The molecule has 0 unspecified atom stereocenters. The van der Waals surface area contributed by atoms with Gasteiger partial charge in [0, 0.05) is 12.1 Å². The lowest BCUT2D eigenvalue weighted by Gasteiger charge is -2.20. The van der Waals surface area contributed by atoms with E-state index in [9.17, 15) is 30.1 Å². The molecular formula is C16H15N3O6. The van der Waals surface area contributed by atoms with Crippen LogP contribution >= 0.6 is 0 Å². The van der Waals surface area contributed by atoms with E-state index < -0.39 is 39.3 Å². The number of carbonyl (C=O) groups excluding carboxylic acids is 1. The van der Waals surface area contributed by atoms with Gasteiger partial charge in [-0.05, 0) is 12.5 Å². The quantitative estimate of drug-likeness (QED) is 0.609. The molecule has 0 aliphatic heterocycles. The summed E-state index contributed by atoms with van der Waals surface area (Å²) in [6, 6.07) is 10.6. The van der Waals surface area contributed by atoms with Crippen molar-refractivity contribution in [2.24, 2.45) is 0 Å². The van der Waals surface area contributed by atoms with Crippen LogP contribution in [0.5, 0.6) is 0 Å². The number of carbonyl (C=O) groups is 1. The van der Waals surface area contributed by atoms with Crippen molar-refractivity contribution in [3.8, 4) is 0 Å². The maximum absolute atomic E-state index is 12.3. The number of aliphatic hydroxyl groups is 1. The SMILES string of the molecule is C[C@@H](NC(=O)c1cc([N+](=O)[O-])cc([N+](=O)[O-])c1)[C@@H](O)c1ccccc1. The molecule has 0 aliphatic rings. The molecule has 2 rings (SSSR count). The van der Waals surface area contributed by atoms with Gasteiger partial charge in [-0.15, -0.1) is 0 Å². The van der Waals surface area contributed by atoms with Crippen LogP contribution in [0.25, 0.3) is 0 Å². The Morgan fingerprint density at radius 3 is 2.04 bits per heavy atom. The van der Waals surface area contributed by atoms with Crippen LogP contribution in [0.15, 0.2) is 48.5 Å². The minimum Gasteiger partial charge on any atom is -0.386 e. The molecule has 0 fully saturated rings. The highest BCUT2D eigenvalue weighted by Crippen LogP contribution is 2.23. The van der Waals surface area contributed by atoms with Gasteiger partial charge < -0.3 is 10.4 Å². The topological polar surface area (TPSA) is 136 Å². The van der Waals surface area contributed by atoms with Crippen LogP contribution in [0.2, 0.25) is 0 Å². The summed E-state index contributed by atoms with van der Waals surface area (Å²) < 4.78 is 0. The monoisotopic (exact) mass is 345 g/mol. The first-order valence-corrected chi connectivity index (χ1v) is 7.27. The molecule has 25 heavy (non-hydrogen) atoms. The van der Waals surface area contributed by atoms with Crippen LogP contribution in [0.3, 0.4) is 0 Å². The smallest absolute Gasteiger partial charge is 0.277 e. The number of benzene rings is 2. The Morgan fingerprint density at radius 1 is 1.04 bits per heavy atom. The van der Waals surface area contributed by atoms with E-state index in [-0.39, 0.29) is 5.56 Å². The van der Waals surface area contributed by atoms with Gasteiger partial charge in [-0.3, -0.25) is 25.0 Å². The van der Waals surface area contributed by atoms with Gasteiger partial charge in [-0.25, -0.2) is 0 Å². The maximum atomic E-state index is 12.3. The van der Waals surface area contributed by atoms with Gasteiger partial charge in [0.2, 0.25) is 0 Å². The number of nitrogens with zero attached hydrogens (tertiary/aromatic N) is 2. The Morgan fingerprint density at radius 2 is 1.56 bits per heavy atom.